The number of benzene rings is 2. The number of ether oxygens (including phenoxy) is 3. The van der Waals surface area contributed by atoms with Crippen LogP contribution in [0.4, 0.5) is 0 Å². The van der Waals surface area contributed by atoms with Crippen LogP contribution in [0.2, 0.25) is 0 Å². The fourth-order valence-electron chi connectivity index (χ4n) is 1.88. The molecule has 2 N–H and O–H groups in total. The van der Waals surface area contributed by atoms with Crippen molar-refractivity contribution < 1.29 is 14.2 Å². The maximum atomic E-state index is 5.78. The summed E-state index contributed by atoms with van der Waals surface area (Å²) < 4.78 is 16.2. The van der Waals surface area contributed by atoms with Gasteiger partial charge in [-0.25, -0.2) is 0 Å². The summed E-state index contributed by atoms with van der Waals surface area (Å²) in [5.74, 6) is 2.12. The predicted octanol–water partition coefficient (Wildman–Crippen LogP) is 2.74. The summed E-state index contributed by atoms with van der Waals surface area (Å²) in [6.07, 6.45) is 0. The van der Waals surface area contributed by atoms with Crippen molar-refractivity contribution >= 4 is 0 Å². The Labute approximate surface area is 119 Å². The highest BCUT2D eigenvalue weighted by atomic mass is 16.5. The number of hydrogen-bond donors (Lipinski definition) is 1. The molecule has 4 heteroatoms. The molecule has 0 fully saturated rings. The number of methoxy groups -OCH3 is 2. The van der Waals surface area contributed by atoms with Crippen molar-refractivity contribution in [3.05, 3.63) is 53.6 Å². The Morgan fingerprint density at radius 1 is 0.850 bits per heavy atom. The molecule has 0 aliphatic rings. The molecule has 0 radical (unpaired) electrons. The lowest BCUT2D eigenvalue weighted by molar-refractivity contribution is 0.300. The third-order valence-corrected chi connectivity index (χ3v) is 2.96. The second-order valence-electron chi connectivity index (χ2n) is 4.36. The summed E-state index contributed by atoms with van der Waals surface area (Å²) in [4.78, 5) is 0. The summed E-state index contributed by atoms with van der Waals surface area (Å²) in [6, 6.07) is 13.5. The van der Waals surface area contributed by atoms with E-state index < -0.39 is 0 Å². The molecule has 2 aromatic carbocycles. The van der Waals surface area contributed by atoms with E-state index in [1.165, 1.54) is 0 Å². The second-order valence-corrected chi connectivity index (χ2v) is 4.36. The van der Waals surface area contributed by atoms with Crippen LogP contribution >= 0.6 is 0 Å². The summed E-state index contributed by atoms with van der Waals surface area (Å²) >= 11 is 0. The zero-order chi connectivity index (χ0) is 14.4. The molecule has 4 nitrogen and oxygen atoms in total. The van der Waals surface area contributed by atoms with Crippen LogP contribution in [0.1, 0.15) is 11.1 Å². The van der Waals surface area contributed by atoms with E-state index in [0.29, 0.717) is 30.4 Å². The van der Waals surface area contributed by atoms with Crippen molar-refractivity contribution in [1.29, 1.82) is 0 Å². The molecule has 0 amide bonds. The second kappa shape index (κ2) is 6.82. The molecule has 0 aliphatic heterocycles. The molecule has 0 spiro atoms. The molecule has 20 heavy (non-hydrogen) atoms. The Bertz CT molecular complexity index is 547. The van der Waals surface area contributed by atoms with Gasteiger partial charge in [0.15, 0.2) is 0 Å². The van der Waals surface area contributed by atoms with E-state index in [-0.39, 0.29) is 0 Å². The van der Waals surface area contributed by atoms with E-state index in [2.05, 4.69) is 0 Å². The predicted molar refractivity (Wildman–Crippen MR) is 78.2 cm³/mol. The average molecular weight is 273 g/mol. The quantitative estimate of drug-likeness (QED) is 0.879. The molecule has 0 bridgehead atoms. The molecule has 0 heterocycles. The van der Waals surface area contributed by atoms with Crippen molar-refractivity contribution in [3.8, 4) is 17.2 Å². The summed E-state index contributed by atoms with van der Waals surface area (Å²) in [5, 5.41) is 0. The van der Waals surface area contributed by atoms with Crippen LogP contribution in [0.3, 0.4) is 0 Å². The van der Waals surface area contributed by atoms with Gasteiger partial charge in [0.1, 0.15) is 23.9 Å². The first kappa shape index (κ1) is 14.2. The fraction of sp³-hybridized carbons (Fsp3) is 0.250. The molecule has 106 valence electrons. The lowest BCUT2D eigenvalue weighted by Crippen LogP contribution is -2.00. The molecule has 0 saturated carbocycles. The minimum absolute atomic E-state index is 0.476. The average Bonchev–Trinajstić information content (AvgIpc) is 2.52. The molecule has 2 rings (SSSR count). The lowest BCUT2D eigenvalue weighted by Gasteiger charge is -2.10. The SMILES string of the molecule is COc1cc(OC)cc(OCc2cccc(CN)c2)c1. The minimum Gasteiger partial charge on any atom is -0.496 e. The van der Waals surface area contributed by atoms with Crippen LogP contribution in [0.5, 0.6) is 17.2 Å². The van der Waals surface area contributed by atoms with Crippen molar-refractivity contribution in [3.63, 3.8) is 0 Å². The van der Waals surface area contributed by atoms with Gasteiger partial charge < -0.3 is 19.9 Å². The van der Waals surface area contributed by atoms with Gasteiger partial charge in [-0.1, -0.05) is 24.3 Å². The maximum Gasteiger partial charge on any atom is 0.127 e. The zero-order valence-electron chi connectivity index (χ0n) is 11.8. The molecule has 2 aromatic rings. The largest absolute Gasteiger partial charge is 0.496 e. The Morgan fingerprint density at radius 2 is 1.45 bits per heavy atom. The van der Waals surface area contributed by atoms with E-state index in [0.717, 1.165) is 11.1 Å². The molecule has 0 aliphatic carbocycles. The van der Waals surface area contributed by atoms with Crippen molar-refractivity contribution in [2.75, 3.05) is 14.2 Å². The Kier molecular flexibility index (Phi) is 4.85. The monoisotopic (exact) mass is 273 g/mol. The topological polar surface area (TPSA) is 53.7 Å². The third-order valence-electron chi connectivity index (χ3n) is 2.96. The van der Waals surface area contributed by atoms with Gasteiger partial charge in [0.25, 0.3) is 0 Å². The first-order valence-corrected chi connectivity index (χ1v) is 6.39. The Hall–Kier alpha value is -2.20. The molecular formula is C16H19NO3. The van der Waals surface area contributed by atoms with Gasteiger partial charge in [-0.2, -0.15) is 0 Å². The van der Waals surface area contributed by atoms with Crippen LogP contribution in [0, 0.1) is 0 Å². The standard InChI is InChI=1S/C16H19NO3/c1-18-14-7-15(19-2)9-16(8-14)20-11-13-5-3-4-12(6-13)10-17/h3-9H,10-11,17H2,1-2H3. The van der Waals surface area contributed by atoms with Crippen LogP contribution in [0.15, 0.2) is 42.5 Å². The summed E-state index contributed by atoms with van der Waals surface area (Å²) in [7, 11) is 3.23. The molecule has 0 saturated heterocycles. The molecule has 0 unspecified atom stereocenters. The molecule has 0 atom stereocenters. The minimum atomic E-state index is 0.476. The summed E-state index contributed by atoms with van der Waals surface area (Å²) in [6.45, 7) is 1.00. The van der Waals surface area contributed by atoms with Gasteiger partial charge in [0.05, 0.1) is 14.2 Å². The van der Waals surface area contributed by atoms with Crippen LogP contribution in [-0.4, -0.2) is 14.2 Å². The lowest BCUT2D eigenvalue weighted by atomic mass is 10.1. The van der Waals surface area contributed by atoms with Crippen LogP contribution in [-0.2, 0) is 13.2 Å². The van der Waals surface area contributed by atoms with Gasteiger partial charge in [0.2, 0.25) is 0 Å². The van der Waals surface area contributed by atoms with Gasteiger partial charge in [-0.15, -0.1) is 0 Å². The van der Waals surface area contributed by atoms with E-state index >= 15 is 0 Å². The number of hydrogen-bond acceptors (Lipinski definition) is 4. The normalized spacial score (nSPS) is 10.2. The highest BCUT2D eigenvalue weighted by Gasteiger charge is 2.03. The van der Waals surface area contributed by atoms with Crippen LogP contribution in [0.25, 0.3) is 0 Å². The van der Waals surface area contributed by atoms with Crippen molar-refractivity contribution in [2.45, 2.75) is 13.2 Å². The van der Waals surface area contributed by atoms with E-state index in [4.69, 9.17) is 19.9 Å². The van der Waals surface area contributed by atoms with Gasteiger partial charge in [-0.05, 0) is 11.1 Å². The molecular weight excluding hydrogens is 254 g/mol. The fourth-order valence-corrected chi connectivity index (χ4v) is 1.88. The van der Waals surface area contributed by atoms with Crippen molar-refractivity contribution in [2.24, 2.45) is 5.73 Å². The van der Waals surface area contributed by atoms with Crippen LogP contribution < -0.4 is 19.9 Å². The van der Waals surface area contributed by atoms with Gasteiger partial charge >= 0.3 is 0 Å². The van der Waals surface area contributed by atoms with E-state index in [1.807, 2.05) is 42.5 Å². The zero-order valence-corrected chi connectivity index (χ0v) is 11.8. The van der Waals surface area contributed by atoms with E-state index in [9.17, 15) is 0 Å². The Balaban J connectivity index is 2.09. The van der Waals surface area contributed by atoms with Crippen molar-refractivity contribution in [1.82, 2.24) is 0 Å². The van der Waals surface area contributed by atoms with Gasteiger partial charge in [0, 0.05) is 24.7 Å². The highest BCUT2D eigenvalue weighted by Crippen LogP contribution is 2.27. The highest BCUT2D eigenvalue weighted by molar-refractivity contribution is 5.42. The Morgan fingerprint density at radius 3 is 2.05 bits per heavy atom. The summed E-state index contributed by atoms with van der Waals surface area (Å²) in [5.41, 5.74) is 7.80. The number of rotatable bonds is 6. The van der Waals surface area contributed by atoms with Gasteiger partial charge in [-0.3, -0.25) is 0 Å². The third kappa shape index (κ3) is 3.65. The van der Waals surface area contributed by atoms with E-state index in [1.54, 1.807) is 14.2 Å². The first-order chi connectivity index (χ1) is 9.75. The smallest absolute Gasteiger partial charge is 0.127 e. The molecule has 0 aromatic heterocycles. The first-order valence-electron chi connectivity index (χ1n) is 6.39. The maximum absolute atomic E-state index is 5.78. The number of nitrogens with two attached hydrogens (primary N) is 1.